The fourth-order valence-corrected chi connectivity index (χ4v) is 5.66. The number of alkyl halides is 3. The molecular formula is C25H21F3N2O2S. The number of allylic oxidation sites excluding steroid dienone is 3. The zero-order valence-corrected chi connectivity index (χ0v) is 18.6. The van der Waals surface area contributed by atoms with Crippen LogP contribution in [-0.4, -0.2) is 24.6 Å². The first-order chi connectivity index (χ1) is 15.6. The summed E-state index contributed by atoms with van der Waals surface area (Å²) in [7, 11) is -3.84. The van der Waals surface area contributed by atoms with Crippen molar-refractivity contribution in [1.82, 2.24) is 9.97 Å². The lowest BCUT2D eigenvalue weighted by molar-refractivity contribution is -0.136. The van der Waals surface area contributed by atoms with Gasteiger partial charge < -0.3 is 0 Å². The van der Waals surface area contributed by atoms with Crippen molar-refractivity contribution in [3.05, 3.63) is 89.4 Å². The van der Waals surface area contributed by atoms with Crippen LogP contribution < -0.4 is 0 Å². The Balaban J connectivity index is 1.80. The Morgan fingerprint density at radius 1 is 1.00 bits per heavy atom. The van der Waals surface area contributed by atoms with Gasteiger partial charge in [-0.2, -0.15) is 13.2 Å². The van der Waals surface area contributed by atoms with Gasteiger partial charge in [0.25, 0.3) is 0 Å². The molecule has 0 aliphatic heterocycles. The summed E-state index contributed by atoms with van der Waals surface area (Å²) in [5.74, 6) is 0.226. The molecule has 1 fully saturated rings. The summed E-state index contributed by atoms with van der Waals surface area (Å²) in [5.41, 5.74) is 0.611. The van der Waals surface area contributed by atoms with E-state index in [4.69, 9.17) is 0 Å². The maximum atomic E-state index is 13.9. The predicted octanol–water partition coefficient (Wildman–Crippen LogP) is 5.81. The second-order valence-electron chi connectivity index (χ2n) is 8.66. The third kappa shape index (κ3) is 3.76. The molecule has 2 aromatic carbocycles. The van der Waals surface area contributed by atoms with Crippen LogP contribution in [0.4, 0.5) is 13.2 Å². The molecule has 2 aliphatic carbocycles. The Labute approximate surface area is 189 Å². The van der Waals surface area contributed by atoms with Crippen LogP contribution in [0.5, 0.6) is 0 Å². The SMILES string of the molecule is CS(=O)(=O)C1(c2nc(C3CC3)nc3c(C(F)(F)F)cccc23)C=CC=C(c2ccccc2)C1. The van der Waals surface area contributed by atoms with E-state index in [1.165, 1.54) is 12.1 Å². The van der Waals surface area contributed by atoms with E-state index in [-0.39, 0.29) is 34.8 Å². The van der Waals surface area contributed by atoms with Gasteiger partial charge in [-0.3, -0.25) is 0 Å². The Morgan fingerprint density at radius 2 is 1.73 bits per heavy atom. The van der Waals surface area contributed by atoms with Gasteiger partial charge >= 0.3 is 6.18 Å². The Hall–Kier alpha value is -3.00. The highest BCUT2D eigenvalue weighted by atomic mass is 32.2. The number of hydrogen-bond donors (Lipinski definition) is 0. The van der Waals surface area contributed by atoms with E-state index in [0.29, 0.717) is 0 Å². The maximum absolute atomic E-state index is 13.9. The quantitative estimate of drug-likeness (QED) is 0.483. The number of sulfone groups is 1. The molecule has 1 heterocycles. The molecule has 0 spiro atoms. The second-order valence-corrected chi connectivity index (χ2v) is 10.9. The number of para-hydroxylation sites is 1. The highest BCUT2D eigenvalue weighted by Gasteiger charge is 2.46. The highest BCUT2D eigenvalue weighted by molar-refractivity contribution is 7.91. The lowest BCUT2D eigenvalue weighted by atomic mass is 9.85. The van der Waals surface area contributed by atoms with Gasteiger partial charge in [0.2, 0.25) is 0 Å². The Bertz CT molecular complexity index is 1410. The first kappa shape index (κ1) is 21.8. The molecule has 0 saturated heterocycles. The van der Waals surface area contributed by atoms with Gasteiger partial charge in [-0.1, -0.05) is 60.7 Å². The smallest absolute Gasteiger partial charge is 0.235 e. The molecule has 5 rings (SSSR count). The number of halogens is 3. The summed E-state index contributed by atoms with van der Waals surface area (Å²) in [6.45, 7) is 0. The van der Waals surface area contributed by atoms with Crippen LogP contribution in [0.15, 0.2) is 66.8 Å². The van der Waals surface area contributed by atoms with Gasteiger partial charge in [-0.05, 0) is 30.0 Å². The van der Waals surface area contributed by atoms with Crippen LogP contribution in [0, 0.1) is 0 Å². The summed E-state index contributed by atoms with van der Waals surface area (Å²) >= 11 is 0. The molecule has 170 valence electrons. The fraction of sp³-hybridized carbons (Fsp3) is 0.280. The van der Waals surface area contributed by atoms with Crippen molar-refractivity contribution < 1.29 is 21.6 Å². The molecule has 0 bridgehead atoms. The number of hydrogen-bond acceptors (Lipinski definition) is 4. The number of rotatable bonds is 4. The number of benzene rings is 2. The van der Waals surface area contributed by atoms with E-state index < -0.39 is 26.3 Å². The lowest BCUT2D eigenvalue weighted by Crippen LogP contribution is -2.36. The molecule has 0 N–H and O–H groups in total. The van der Waals surface area contributed by atoms with Crippen molar-refractivity contribution in [2.45, 2.75) is 36.1 Å². The molecule has 1 saturated carbocycles. The van der Waals surface area contributed by atoms with Gasteiger partial charge in [0.1, 0.15) is 10.6 Å². The minimum absolute atomic E-state index is 0.0530. The zero-order chi connectivity index (χ0) is 23.4. The van der Waals surface area contributed by atoms with E-state index in [9.17, 15) is 21.6 Å². The van der Waals surface area contributed by atoms with E-state index in [1.54, 1.807) is 12.2 Å². The van der Waals surface area contributed by atoms with E-state index in [1.807, 2.05) is 36.4 Å². The van der Waals surface area contributed by atoms with Crippen molar-refractivity contribution in [2.75, 3.05) is 6.26 Å². The summed E-state index contributed by atoms with van der Waals surface area (Å²) in [6.07, 6.45) is 3.15. The van der Waals surface area contributed by atoms with Crippen molar-refractivity contribution >= 4 is 26.3 Å². The van der Waals surface area contributed by atoms with E-state index in [0.717, 1.165) is 36.3 Å². The fourth-order valence-electron chi connectivity index (χ4n) is 4.41. The Kier molecular flexibility index (Phi) is 4.97. The molecule has 33 heavy (non-hydrogen) atoms. The minimum Gasteiger partial charge on any atom is -0.235 e. The monoisotopic (exact) mass is 470 g/mol. The number of aromatic nitrogens is 2. The molecule has 1 unspecified atom stereocenters. The van der Waals surface area contributed by atoms with Crippen LogP contribution in [0.1, 0.15) is 47.8 Å². The van der Waals surface area contributed by atoms with Gasteiger partial charge in [0, 0.05) is 24.0 Å². The Morgan fingerprint density at radius 3 is 2.36 bits per heavy atom. The van der Waals surface area contributed by atoms with Crippen molar-refractivity contribution in [2.24, 2.45) is 0 Å². The average Bonchev–Trinajstić information content (AvgIpc) is 3.63. The molecule has 8 heteroatoms. The van der Waals surface area contributed by atoms with Crippen LogP contribution in [0.25, 0.3) is 16.5 Å². The van der Waals surface area contributed by atoms with Crippen LogP contribution in [0.3, 0.4) is 0 Å². The summed E-state index contributed by atoms with van der Waals surface area (Å²) in [5, 5.41) is 0.110. The third-order valence-corrected chi connectivity index (χ3v) is 8.11. The maximum Gasteiger partial charge on any atom is 0.418 e. The van der Waals surface area contributed by atoms with Crippen molar-refractivity contribution in [3.63, 3.8) is 0 Å². The van der Waals surface area contributed by atoms with Crippen LogP contribution in [0.2, 0.25) is 0 Å². The van der Waals surface area contributed by atoms with Gasteiger partial charge in [-0.15, -0.1) is 0 Å². The van der Waals surface area contributed by atoms with Crippen LogP contribution in [-0.2, 0) is 20.8 Å². The molecule has 0 amide bonds. The molecule has 3 aromatic rings. The van der Waals surface area contributed by atoms with E-state index in [2.05, 4.69) is 9.97 Å². The molecular weight excluding hydrogens is 449 g/mol. The van der Waals surface area contributed by atoms with Crippen molar-refractivity contribution in [3.8, 4) is 0 Å². The first-order valence-electron chi connectivity index (χ1n) is 10.6. The molecule has 4 nitrogen and oxygen atoms in total. The molecule has 1 atom stereocenters. The zero-order valence-electron chi connectivity index (χ0n) is 17.8. The normalized spacial score (nSPS) is 21.3. The average molecular weight is 471 g/mol. The van der Waals surface area contributed by atoms with Gasteiger partial charge in [0.15, 0.2) is 9.84 Å². The number of nitrogens with zero attached hydrogens (tertiary/aromatic N) is 2. The highest BCUT2D eigenvalue weighted by Crippen LogP contribution is 2.47. The van der Waals surface area contributed by atoms with Crippen molar-refractivity contribution in [1.29, 1.82) is 0 Å². The number of fused-ring (bicyclic) bond motifs is 1. The summed E-state index contributed by atoms with van der Waals surface area (Å²) < 4.78 is 66.6. The molecule has 1 aromatic heterocycles. The minimum atomic E-state index is -4.62. The summed E-state index contributed by atoms with van der Waals surface area (Å²) in [4.78, 5) is 8.93. The predicted molar refractivity (Wildman–Crippen MR) is 121 cm³/mol. The molecule has 0 radical (unpaired) electrons. The second kappa shape index (κ2) is 7.52. The molecule has 2 aliphatic rings. The lowest BCUT2D eigenvalue weighted by Gasteiger charge is -2.33. The summed E-state index contributed by atoms with van der Waals surface area (Å²) in [6, 6.07) is 13.1. The topological polar surface area (TPSA) is 59.9 Å². The van der Waals surface area contributed by atoms with Gasteiger partial charge in [-0.25, -0.2) is 18.4 Å². The first-order valence-corrected chi connectivity index (χ1v) is 12.5. The largest absolute Gasteiger partial charge is 0.418 e. The standard InChI is InChI=1S/C25H21F3N2O2S/c1-33(31,32)24(14-6-9-18(15-24)16-7-3-2-4-8-16)22-19-10-5-11-20(25(26,27)28)21(19)29-23(30-22)17-12-13-17/h2-11,14,17H,12-13,15H2,1H3. The third-order valence-electron chi connectivity index (χ3n) is 6.31. The van der Waals surface area contributed by atoms with Crippen LogP contribution >= 0.6 is 0 Å². The van der Waals surface area contributed by atoms with E-state index >= 15 is 0 Å². The van der Waals surface area contributed by atoms with Gasteiger partial charge in [0.05, 0.1) is 16.8 Å².